The first-order valence-corrected chi connectivity index (χ1v) is 5.00. The Bertz CT molecular complexity index is 218. The molecule has 0 aromatic heterocycles. The molecule has 0 bridgehead atoms. The molecule has 0 saturated heterocycles. The second kappa shape index (κ2) is 7.05. The van der Waals surface area contributed by atoms with Gasteiger partial charge in [0, 0.05) is 12.6 Å². The normalized spacial score (nSPS) is 12.3. The summed E-state index contributed by atoms with van der Waals surface area (Å²) < 4.78 is 0. The Balaban J connectivity index is 3.46. The summed E-state index contributed by atoms with van der Waals surface area (Å²) in [6, 6.07) is -0.592. The lowest BCUT2D eigenvalue weighted by Crippen LogP contribution is -2.41. The van der Waals surface area contributed by atoms with Crippen molar-refractivity contribution < 1.29 is 9.90 Å². The molecule has 0 fully saturated rings. The van der Waals surface area contributed by atoms with Gasteiger partial charge in [0.2, 0.25) is 0 Å². The zero-order chi connectivity index (χ0) is 11.8. The summed E-state index contributed by atoms with van der Waals surface area (Å²) in [5.41, 5.74) is 5.32. The Morgan fingerprint density at radius 2 is 2.13 bits per heavy atom. The fourth-order valence-electron chi connectivity index (χ4n) is 0.999. The fraction of sp³-hybridized carbons (Fsp3) is 0.778. The molecule has 0 unspecified atom stereocenters. The third kappa shape index (κ3) is 7.75. The molecule has 0 rings (SSSR count). The molecule has 0 heterocycles. The average Bonchev–Trinajstić information content (AvgIpc) is 2.10. The topological polar surface area (TPSA) is 111 Å². The van der Waals surface area contributed by atoms with E-state index in [1.807, 2.05) is 13.8 Å². The van der Waals surface area contributed by atoms with Gasteiger partial charge in [-0.25, -0.2) is 0 Å². The Morgan fingerprint density at radius 3 is 2.60 bits per heavy atom. The van der Waals surface area contributed by atoms with Gasteiger partial charge >= 0.3 is 5.97 Å². The molecule has 0 saturated carbocycles. The SMILES string of the molecule is CC(C)NC(=N)NCCC[C@H](N)C(=O)O. The van der Waals surface area contributed by atoms with E-state index in [4.69, 9.17) is 16.2 Å². The lowest BCUT2D eigenvalue weighted by atomic mass is 10.2. The first-order chi connectivity index (χ1) is 6.93. The Kier molecular flexibility index (Phi) is 6.44. The van der Waals surface area contributed by atoms with Crippen LogP contribution in [0.4, 0.5) is 0 Å². The molecule has 1 atom stereocenters. The van der Waals surface area contributed by atoms with E-state index in [2.05, 4.69) is 10.6 Å². The van der Waals surface area contributed by atoms with Crippen LogP contribution in [0.25, 0.3) is 0 Å². The van der Waals surface area contributed by atoms with Gasteiger partial charge in [-0.3, -0.25) is 10.2 Å². The van der Waals surface area contributed by atoms with Crippen LogP contribution < -0.4 is 16.4 Å². The molecular weight excluding hydrogens is 196 g/mol. The van der Waals surface area contributed by atoms with E-state index in [0.717, 1.165) is 0 Å². The fourth-order valence-corrected chi connectivity index (χ4v) is 0.999. The molecular formula is C9H20N4O2. The van der Waals surface area contributed by atoms with Crippen LogP contribution >= 0.6 is 0 Å². The van der Waals surface area contributed by atoms with Gasteiger partial charge in [-0.15, -0.1) is 0 Å². The van der Waals surface area contributed by atoms with Crippen LogP contribution in [-0.2, 0) is 4.79 Å². The van der Waals surface area contributed by atoms with Gasteiger partial charge in [-0.2, -0.15) is 0 Å². The van der Waals surface area contributed by atoms with Crippen molar-refractivity contribution in [3.05, 3.63) is 0 Å². The summed E-state index contributed by atoms with van der Waals surface area (Å²) in [4.78, 5) is 10.4. The molecule has 6 nitrogen and oxygen atoms in total. The van der Waals surface area contributed by atoms with Gasteiger partial charge in [-0.05, 0) is 26.7 Å². The number of carbonyl (C=O) groups is 1. The minimum atomic E-state index is -0.981. The number of hydrogen-bond acceptors (Lipinski definition) is 3. The van der Waals surface area contributed by atoms with E-state index in [1.54, 1.807) is 0 Å². The molecule has 0 aliphatic rings. The van der Waals surface area contributed by atoms with Crippen LogP contribution in [0.3, 0.4) is 0 Å². The standard InChI is InChI=1S/C9H20N4O2/c1-6(2)13-9(11)12-5-3-4-7(10)8(14)15/h6-7H,3-5,10H2,1-2H3,(H,14,15)(H3,11,12,13)/t7-/m0/s1. The summed E-state index contributed by atoms with van der Waals surface area (Å²) >= 11 is 0. The van der Waals surface area contributed by atoms with Crippen molar-refractivity contribution >= 4 is 11.9 Å². The Morgan fingerprint density at radius 1 is 1.53 bits per heavy atom. The number of rotatable bonds is 6. The maximum atomic E-state index is 10.4. The predicted octanol–water partition coefficient (Wildman–Crippen LogP) is -0.299. The lowest BCUT2D eigenvalue weighted by Gasteiger charge is -2.13. The predicted molar refractivity (Wildman–Crippen MR) is 58.8 cm³/mol. The first kappa shape index (κ1) is 13.7. The van der Waals surface area contributed by atoms with Crippen molar-refractivity contribution in [3.8, 4) is 0 Å². The minimum Gasteiger partial charge on any atom is -0.480 e. The Hall–Kier alpha value is -1.30. The van der Waals surface area contributed by atoms with Crippen LogP contribution in [0.1, 0.15) is 26.7 Å². The van der Waals surface area contributed by atoms with Gasteiger partial charge in [0.05, 0.1) is 0 Å². The number of nitrogens with one attached hydrogen (secondary N) is 3. The number of nitrogens with two attached hydrogens (primary N) is 1. The molecule has 15 heavy (non-hydrogen) atoms. The molecule has 0 amide bonds. The number of carboxylic acids is 1. The molecule has 0 aliphatic carbocycles. The lowest BCUT2D eigenvalue weighted by molar-refractivity contribution is -0.138. The van der Waals surface area contributed by atoms with Crippen LogP contribution in [0.5, 0.6) is 0 Å². The largest absolute Gasteiger partial charge is 0.480 e. The number of guanidine groups is 1. The van der Waals surface area contributed by atoms with Crippen LogP contribution in [0.15, 0.2) is 0 Å². The van der Waals surface area contributed by atoms with Crippen LogP contribution in [0.2, 0.25) is 0 Å². The smallest absolute Gasteiger partial charge is 0.320 e. The summed E-state index contributed by atoms with van der Waals surface area (Å²) in [6.07, 6.45) is 1.05. The number of hydrogen-bond donors (Lipinski definition) is 5. The second-order valence-corrected chi connectivity index (χ2v) is 3.69. The van der Waals surface area contributed by atoms with Gasteiger partial charge in [0.15, 0.2) is 5.96 Å². The van der Waals surface area contributed by atoms with Gasteiger partial charge < -0.3 is 21.5 Å². The maximum Gasteiger partial charge on any atom is 0.320 e. The van der Waals surface area contributed by atoms with Crippen molar-refractivity contribution in [1.82, 2.24) is 10.6 Å². The van der Waals surface area contributed by atoms with Gasteiger partial charge in [-0.1, -0.05) is 0 Å². The summed E-state index contributed by atoms with van der Waals surface area (Å²) in [5.74, 6) is -0.723. The highest BCUT2D eigenvalue weighted by molar-refractivity contribution is 5.76. The van der Waals surface area contributed by atoms with Crippen LogP contribution in [-0.4, -0.2) is 35.7 Å². The number of carboxylic acid groups (broad SMARTS) is 1. The monoisotopic (exact) mass is 216 g/mol. The molecule has 0 aliphatic heterocycles. The van der Waals surface area contributed by atoms with Crippen LogP contribution in [0, 0.1) is 5.41 Å². The molecule has 0 spiro atoms. The zero-order valence-electron chi connectivity index (χ0n) is 9.21. The molecule has 88 valence electrons. The molecule has 6 heteroatoms. The van der Waals surface area contributed by atoms with Crippen molar-refractivity contribution in [2.24, 2.45) is 5.73 Å². The van der Waals surface area contributed by atoms with E-state index in [-0.39, 0.29) is 12.0 Å². The van der Waals surface area contributed by atoms with Crippen molar-refractivity contribution in [3.63, 3.8) is 0 Å². The minimum absolute atomic E-state index is 0.214. The number of aliphatic carboxylic acids is 1. The highest BCUT2D eigenvalue weighted by atomic mass is 16.4. The third-order valence-corrected chi connectivity index (χ3v) is 1.74. The first-order valence-electron chi connectivity index (χ1n) is 5.00. The van der Waals surface area contributed by atoms with E-state index in [9.17, 15) is 4.79 Å². The maximum absolute atomic E-state index is 10.4. The highest BCUT2D eigenvalue weighted by Gasteiger charge is 2.10. The summed E-state index contributed by atoms with van der Waals surface area (Å²) in [5, 5.41) is 21.6. The molecule has 6 N–H and O–H groups in total. The zero-order valence-corrected chi connectivity index (χ0v) is 9.21. The molecule has 0 aromatic carbocycles. The highest BCUT2D eigenvalue weighted by Crippen LogP contribution is 1.92. The van der Waals surface area contributed by atoms with Gasteiger partial charge in [0.1, 0.15) is 6.04 Å². The van der Waals surface area contributed by atoms with Crippen molar-refractivity contribution in [2.45, 2.75) is 38.8 Å². The van der Waals surface area contributed by atoms with Crippen molar-refractivity contribution in [1.29, 1.82) is 5.41 Å². The summed E-state index contributed by atoms with van der Waals surface area (Å²) in [7, 11) is 0. The summed E-state index contributed by atoms with van der Waals surface area (Å²) in [6.45, 7) is 4.44. The van der Waals surface area contributed by atoms with Gasteiger partial charge in [0.25, 0.3) is 0 Å². The van der Waals surface area contributed by atoms with E-state index >= 15 is 0 Å². The average molecular weight is 216 g/mol. The third-order valence-electron chi connectivity index (χ3n) is 1.74. The molecule has 0 aromatic rings. The van der Waals surface area contributed by atoms with Crippen molar-refractivity contribution in [2.75, 3.05) is 6.54 Å². The van der Waals surface area contributed by atoms with E-state index < -0.39 is 12.0 Å². The second-order valence-electron chi connectivity index (χ2n) is 3.69. The Labute approximate surface area is 89.7 Å². The van der Waals surface area contributed by atoms with E-state index in [0.29, 0.717) is 19.4 Å². The van der Waals surface area contributed by atoms with E-state index in [1.165, 1.54) is 0 Å². The quantitative estimate of drug-likeness (QED) is 0.238. The molecule has 0 radical (unpaired) electrons.